The van der Waals surface area contributed by atoms with Gasteiger partial charge in [-0.3, -0.25) is 0 Å². The van der Waals surface area contributed by atoms with E-state index >= 15 is 0 Å². The third-order valence-corrected chi connectivity index (χ3v) is 4.81. The maximum absolute atomic E-state index is 4.79. The molecule has 4 nitrogen and oxygen atoms in total. The van der Waals surface area contributed by atoms with Gasteiger partial charge in [-0.05, 0) is 42.9 Å². The Morgan fingerprint density at radius 2 is 1.62 bits per heavy atom. The first-order valence-electron chi connectivity index (χ1n) is 9.27. The molecule has 1 N–H and O–H groups in total. The molecule has 0 spiro atoms. The zero-order valence-corrected chi connectivity index (χ0v) is 14.9. The van der Waals surface area contributed by atoms with Crippen molar-refractivity contribution >= 4 is 17.5 Å². The van der Waals surface area contributed by atoms with Crippen molar-refractivity contribution < 1.29 is 0 Å². The molecule has 3 rings (SSSR count). The summed E-state index contributed by atoms with van der Waals surface area (Å²) in [6, 6.07) is 8.53. The molecule has 1 aliphatic heterocycles. The van der Waals surface area contributed by atoms with Crippen LogP contribution in [0.3, 0.4) is 0 Å². The average Bonchev–Trinajstić information content (AvgIpc) is 2.91. The monoisotopic (exact) mass is 324 g/mol. The van der Waals surface area contributed by atoms with Crippen LogP contribution in [0.1, 0.15) is 50.7 Å². The third kappa shape index (κ3) is 3.86. The molecule has 128 valence electrons. The molecule has 0 unspecified atom stereocenters. The molecule has 2 heterocycles. The number of aryl methyl sites for hydroxylation is 2. The first kappa shape index (κ1) is 16.7. The Bertz CT molecular complexity index is 638. The topological polar surface area (TPSA) is 41.1 Å². The smallest absolute Gasteiger partial charge is 0.229 e. The second-order valence-electron chi connectivity index (χ2n) is 6.42. The number of para-hydroxylation sites is 1. The van der Waals surface area contributed by atoms with Crippen LogP contribution in [0, 0.1) is 0 Å². The second-order valence-corrected chi connectivity index (χ2v) is 6.42. The molecule has 24 heavy (non-hydrogen) atoms. The number of rotatable bonds is 5. The van der Waals surface area contributed by atoms with Gasteiger partial charge in [0.1, 0.15) is 5.82 Å². The van der Waals surface area contributed by atoms with Gasteiger partial charge in [0.25, 0.3) is 0 Å². The lowest BCUT2D eigenvalue weighted by Crippen LogP contribution is -2.25. The van der Waals surface area contributed by atoms with Gasteiger partial charge in [-0.1, -0.05) is 44.9 Å². The van der Waals surface area contributed by atoms with Crippen molar-refractivity contribution in [1.29, 1.82) is 0 Å². The third-order valence-electron chi connectivity index (χ3n) is 4.81. The molecular weight excluding hydrogens is 296 g/mol. The molecule has 1 fully saturated rings. The van der Waals surface area contributed by atoms with Gasteiger partial charge in [-0.25, -0.2) is 4.98 Å². The highest BCUT2D eigenvalue weighted by molar-refractivity contribution is 5.64. The van der Waals surface area contributed by atoms with E-state index in [2.05, 4.69) is 47.2 Å². The SMILES string of the molecule is CCc1cccc(CC)c1Nc1nccc(N2CCCCCC2)n1. The fraction of sp³-hybridized carbons (Fsp3) is 0.500. The second kappa shape index (κ2) is 8.13. The highest BCUT2D eigenvalue weighted by Crippen LogP contribution is 2.26. The quantitative estimate of drug-likeness (QED) is 0.863. The van der Waals surface area contributed by atoms with Crippen LogP contribution in [-0.2, 0) is 12.8 Å². The van der Waals surface area contributed by atoms with Crippen molar-refractivity contribution in [3.05, 3.63) is 41.6 Å². The molecule has 2 aromatic rings. The Labute approximate surface area is 145 Å². The van der Waals surface area contributed by atoms with E-state index in [0.717, 1.165) is 31.7 Å². The molecule has 0 radical (unpaired) electrons. The van der Waals surface area contributed by atoms with Crippen molar-refractivity contribution in [3.63, 3.8) is 0 Å². The van der Waals surface area contributed by atoms with E-state index in [0.29, 0.717) is 5.95 Å². The van der Waals surface area contributed by atoms with Crippen LogP contribution in [-0.4, -0.2) is 23.1 Å². The lowest BCUT2D eigenvalue weighted by atomic mass is 10.0. The molecule has 1 aliphatic rings. The number of anilines is 3. The molecule has 1 saturated heterocycles. The van der Waals surface area contributed by atoms with Crippen LogP contribution in [0.4, 0.5) is 17.5 Å². The number of hydrogen-bond acceptors (Lipinski definition) is 4. The Balaban J connectivity index is 1.85. The summed E-state index contributed by atoms with van der Waals surface area (Å²) in [4.78, 5) is 11.6. The van der Waals surface area contributed by atoms with Crippen molar-refractivity contribution in [2.75, 3.05) is 23.3 Å². The zero-order valence-electron chi connectivity index (χ0n) is 14.9. The average molecular weight is 324 g/mol. The van der Waals surface area contributed by atoms with E-state index in [9.17, 15) is 0 Å². The van der Waals surface area contributed by atoms with Crippen molar-refractivity contribution in [1.82, 2.24) is 9.97 Å². The summed E-state index contributed by atoms with van der Waals surface area (Å²) in [5.41, 5.74) is 3.81. The van der Waals surface area contributed by atoms with Gasteiger partial charge in [0, 0.05) is 25.0 Å². The predicted octanol–water partition coefficient (Wildman–Crippen LogP) is 4.73. The minimum atomic E-state index is 0.701. The molecule has 0 aliphatic carbocycles. The highest BCUT2D eigenvalue weighted by atomic mass is 15.2. The Morgan fingerprint density at radius 3 is 2.25 bits per heavy atom. The summed E-state index contributed by atoms with van der Waals surface area (Å²) >= 11 is 0. The van der Waals surface area contributed by atoms with Crippen LogP contribution in [0.25, 0.3) is 0 Å². The summed E-state index contributed by atoms with van der Waals surface area (Å²) in [5.74, 6) is 1.74. The Morgan fingerprint density at radius 1 is 0.958 bits per heavy atom. The molecule has 0 atom stereocenters. The van der Waals surface area contributed by atoms with E-state index in [1.54, 1.807) is 0 Å². The van der Waals surface area contributed by atoms with Gasteiger partial charge >= 0.3 is 0 Å². The standard InChI is InChI=1S/C20H28N4/c1-3-16-10-9-11-17(4-2)19(16)23-20-21-13-12-18(22-20)24-14-7-5-6-8-15-24/h9-13H,3-8,14-15H2,1-2H3,(H,21,22,23). The Kier molecular flexibility index (Phi) is 5.68. The molecule has 1 aromatic heterocycles. The molecule has 0 saturated carbocycles. The van der Waals surface area contributed by atoms with Gasteiger partial charge in [-0.15, -0.1) is 0 Å². The van der Waals surface area contributed by atoms with E-state index < -0.39 is 0 Å². The van der Waals surface area contributed by atoms with Crippen LogP contribution >= 0.6 is 0 Å². The number of benzene rings is 1. The first-order chi connectivity index (χ1) is 11.8. The van der Waals surface area contributed by atoms with Crippen molar-refractivity contribution in [2.24, 2.45) is 0 Å². The van der Waals surface area contributed by atoms with E-state index in [4.69, 9.17) is 4.98 Å². The fourth-order valence-corrected chi connectivity index (χ4v) is 3.40. The zero-order chi connectivity index (χ0) is 16.8. The number of aromatic nitrogens is 2. The summed E-state index contributed by atoms with van der Waals surface area (Å²) in [5, 5.41) is 3.49. The van der Waals surface area contributed by atoms with Gasteiger partial charge in [-0.2, -0.15) is 4.98 Å². The maximum atomic E-state index is 4.79. The summed E-state index contributed by atoms with van der Waals surface area (Å²) in [7, 11) is 0. The van der Waals surface area contributed by atoms with Crippen LogP contribution in [0.15, 0.2) is 30.5 Å². The van der Waals surface area contributed by atoms with E-state index in [1.165, 1.54) is 42.5 Å². The molecule has 0 amide bonds. The van der Waals surface area contributed by atoms with Crippen molar-refractivity contribution in [3.8, 4) is 0 Å². The fourth-order valence-electron chi connectivity index (χ4n) is 3.40. The van der Waals surface area contributed by atoms with Gasteiger partial charge in [0.05, 0.1) is 0 Å². The minimum absolute atomic E-state index is 0.701. The van der Waals surface area contributed by atoms with E-state index in [1.807, 2.05) is 12.3 Å². The Hall–Kier alpha value is -2.10. The van der Waals surface area contributed by atoms with Crippen molar-refractivity contribution in [2.45, 2.75) is 52.4 Å². The molecule has 1 aromatic carbocycles. The number of nitrogens with zero attached hydrogens (tertiary/aromatic N) is 3. The molecule has 4 heteroatoms. The number of nitrogens with one attached hydrogen (secondary N) is 1. The van der Waals surface area contributed by atoms with Crippen LogP contribution in [0.5, 0.6) is 0 Å². The summed E-state index contributed by atoms with van der Waals surface area (Å²) in [6.07, 6.45) is 9.05. The largest absolute Gasteiger partial charge is 0.356 e. The minimum Gasteiger partial charge on any atom is -0.356 e. The molecule has 0 bridgehead atoms. The number of hydrogen-bond donors (Lipinski definition) is 1. The summed E-state index contributed by atoms with van der Waals surface area (Å²) in [6.45, 7) is 6.58. The van der Waals surface area contributed by atoms with E-state index in [-0.39, 0.29) is 0 Å². The normalized spacial score (nSPS) is 15.2. The van der Waals surface area contributed by atoms with Gasteiger partial charge in [0.15, 0.2) is 0 Å². The van der Waals surface area contributed by atoms with Gasteiger partial charge < -0.3 is 10.2 Å². The predicted molar refractivity (Wildman–Crippen MR) is 101 cm³/mol. The molecular formula is C20H28N4. The lowest BCUT2D eigenvalue weighted by molar-refractivity contribution is 0.726. The van der Waals surface area contributed by atoms with Gasteiger partial charge in [0.2, 0.25) is 5.95 Å². The lowest BCUT2D eigenvalue weighted by Gasteiger charge is -2.22. The highest BCUT2D eigenvalue weighted by Gasteiger charge is 2.13. The maximum Gasteiger partial charge on any atom is 0.229 e. The first-order valence-corrected chi connectivity index (χ1v) is 9.27. The summed E-state index contributed by atoms with van der Waals surface area (Å²) < 4.78 is 0. The van der Waals surface area contributed by atoms with Crippen LogP contribution in [0.2, 0.25) is 0 Å². The van der Waals surface area contributed by atoms with Crippen LogP contribution < -0.4 is 10.2 Å².